The molecule has 1 N–H and O–H groups in total. The zero-order valence-corrected chi connectivity index (χ0v) is 15.2. The number of aliphatic hydroxyl groups excluding tert-OH is 1. The number of thiophene rings is 1. The zero-order chi connectivity index (χ0) is 16.7. The first kappa shape index (κ1) is 18.3. The van der Waals surface area contributed by atoms with Gasteiger partial charge in [-0.15, -0.1) is 0 Å². The quantitative estimate of drug-likeness (QED) is 0.729. The fraction of sp³-hybridized carbons (Fsp3) is 0.444. The van der Waals surface area contributed by atoms with Crippen molar-refractivity contribution >= 4 is 22.9 Å². The first-order valence-corrected chi connectivity index (χ1v) is 9.15. The Morgan fingerprint density at radius 2 is 1.91 bits per heavy atom. The molecule has 2 rings (SSSR count). The number of hydrogen-bond acceptors (Lipinski definition) is 4. The highest BCUT2D eigenvalue weighted by Crippen LogP contribution is 2.16. The van der Waals surface area contributed by atoms with Crippen molar-refractivity contribution in [2.75, 3.05) is 19.7 Å². The number of benzene rings is 1. The molecular formula is C18H24ClNO2S. The lowest BCUT2D eigenvalue weighted by atomic mass is 10.2. The highest BCUT2D eigenvalue weighted by Gasteiger charge is 2.14. The van der Waals surface area contributed by atoms with Crippen molar-refractivity contribution in [3.05, 3.63) is 51.7 Å². The Bertz CT molecular complexity index is 557. The Balaban J connectivity index is 1.83. The molecule has 1 aromatic carbocycles. The normalized spacial score (nSPS) is 12.8. The van der Waals surface area contributed by atoms with Gasteiger partial charge in [-0.25, -0.2) is 0 Å². The number of ether oxygens (including phenoxy) is 1. The van der Waals surface area contributed by atoms with E-state index < -0.39 is 6.10 Å². The Labute approximate surface area is 147 Å². The molecule has 3 nitrogen and oxygen atoms in total. The van der Waals surface area contributed by atoms with Gasteiger partial charge >= 0.3 is 0 Å². The van der Waals surface area contributed by atoms with Crippen LogP contribution in [0.15, 0.2) is 41.1 Å². The molecule has 0 spiro atoms. The fourth-order valence-electron chi connectivity index (χ4n) is 2.43. The van der Waals surface area contributed by atoms with Gasteiger partial charge in [0.15, 0.2) is 0 Å². The molecule has 1 atom stereocenters. The van der Waals surface area contributed by atoms with Gasteiger partial charge in [-0.05, 0) is 52.6 Å². The summed E-state index contributed by atoms with van der Waals surface area (Å²) >= 11 is 7.55. The maximum absolute atomic E-state index is 10.3. The van der Waals surface area contributed by atoms with E-state index in [4.69, 9.17) is 16.3 Å². The van der Waals surface area contributed by atoms with Gasteiger partial charge in [0.2, 0.25) is 0 Å². The number of halogens is 1. The average Bonchev–Trinajstić information content (AvgIpc) is 2.99. The molecule has 0 saturated heterocycles. The van der Waals surface area contributed by atoms with Crippen LogP contribution in [0.1, 0.15) is 19.4 Å². The van der Waals surface area contributed by atoms with Crippen molar-refractivity contribution in [2.45, 2.75) is 26.5 Å². The van der Waals surface area contributed by atoms with Crippen molar-refractivity contribution in [1.82, 2.24) is 4.90 Å². The molecule has 0 bridgehead atoms. The molecule has 0 aliphatic heterocycles. The largest absolute Gasteiger partial charge is 0.491 e. The highest BCUT2D eigenvalue weighted by atomic mass is 35.5. The van der Waals surface area contributed by atoms with E-state index in [0.717, 1.165) is 18.8 Å². The van der Waals surface area contributed by atoms with Crippen LogP contribution in [-0.4, -0.2) is 35.8 Å². The molecule has 0 aliphatic rings. The molecule has 1 heterocycles. The monoisotopic (exact) mass is 353 g/mol. The molecular weight excluding hydrogens is 330 g/mol. The summed E-state index contributed by atoms with van der Waals surface area (Å²) in [5.41, 5.74) is 1.29. The smallest absolute Gasteiger partial charge is 0.119 e. The van der Waals surface area contributed by atoms with Crippen molar-refractivity contribution < 1.29 is 9.84 Å². The molecule has 5 heteroatoms. The van der Waals surface area contributed by atoms with E-state index in [0.29, 0.717) is 17.5 Å². The average molecular weight is 354 g/mol. The highest BCUT2D eigenvalue weighted by molar-refractivity contribution is 7.07. The van der Waals surface area contributed by atoms with E-state index in [9.17, 15) is 5.11 Å². The zero-order valence-electron chi connectivity index (χ0n) is 13.6. The van der Waals surface area contributed by atoms with Gasteiger partial charge in [0.1, 0.15) is 18.5 Å². The molecule has 0 fully saturated rings. The maximum Gasteiger partial charge on any atom is 0.119 e. The summed E-state index contributed by atoms with van der Waals surface area (Å²) in [5.74, 6) is 1.28. The van der Waals surface area contributed by atoms with Crippen LogP contribution in [0.25, 0.3) is 0 Å². The number of aliphatic hydroxyl groups is 1. The summed E-state index contributed by atoms with van der Waals surface area (Å²) in [5, 5.41) is 15.2. The van der Waals surface area contributed by atoms with Gasteiger partial charge in [-0.1, -0.05) is 25.4 Å². The third-order valence-electron chi connectivity index (χ3n) is 3.33. The van der Waals surface area contributed by atoms with Crippen LogP contribution in [-0.2, 0) is 6.54 Å². The van der Waals surface area contributed by atoms with E-state index in [-0.39, 0.29) is 6.61 Å². The molecule has 126 valence electrons. The second-order valence-electron chi connectivity index (χ2n) is 6.14. The lowest BCUT2D eigenvalue weighted by Gasteiger charge is -2.26. The van der Waals surface area contributed by atoms with Crippen molar-refractivity contribution in [3.8, 4) is 5.75 Å². The van der Waals surface area contributed by atoms with Gasteiger partial charge in [0, 0.05) is 24.7 Å². The summed E-state index contributed by atoms with van der Waals surface area (Å²) in [6.45, 7) is 7.07. The molecule has 0 radical (unpaired) electrons. The molecule has 0 amide bonds. The molecule has 1 aromatic heterocycles. The summed E-state index contributed by atoms with van der Waals surface area (Å²) < 4.78 is 5.63. The van der Waals surface area contributed by atoms with Crippen molar-refractivity contribution in [2.24, 2.45) is 5.92 Å². The van der Waals surface area contributed by atoms with Gasteiger partial charge < -0.3 is 9.84 Å². The lowest BCUT2D eigenvalue weighted by molar-refractivity contribution is 0.0615. The van der Waals surface area contributed by atoms with Gasteiger partial charge in [0.05, 0.1) is 0 Å². The van der Waals surface area contributed by atoms with Gasteiger partial charge in [-0.3, -0.25) is 4.90 Å². The molecule has 0 aliphatic carbocycles. The fourth-order valence-corrected chi connectivity index (χ4v) is 3.22. The minimum Gasteiger partial charge on any atom is -0.491 e. The predicted octanol–water partition coefficient (Wildman–Crippen LogP) is 4.30. The maximum atomic E-state index is 10.3. The second-order valence-corrected chi connectivity index (χ2v) is 7.35. The third kappa shape index (κ3) is 6.92. The Hall–Kier alpha value is -1.07. The SMILES string of the molecule is CC(C)CN(Cc1ccsc1)CC(O)COc1ccc(Cl)cc1. The minimum atomic E-state index is -0.525. The summed E-state index contributed by atoms with van der Waals surface area (Å²) in [4.78, 5) is 2.28. The number of nitrogens with zero attached hydrogens (tertiary/aromatic N) is 1. The molecule has 23 heavy (non-hydrogen) atoms. The van der Waals surface area contributed by atoms with Crippen LogP contribution in [0.4, 0.5) is 0 Å². The molecule has 1 unspecified atom stereocenters. The third-order valence-corrected chi connectivity index (χ3v) is 4.32. The first-order valence-electron chi connectivity index (χ1n) is 7.83. The van der Waals surface area contributed by atoms with Crippen molar-refractivity contribution in [1.29, 1.82) is 0 Å². The minimum absolute atomic E-state index is 0.278. The number of rotatable bonds is 9. The van der Waals surface area contributed by atoms with Crippen LogP contribution in [0.3, 0.4) is 0 Å². The molecule has 0 saturated carbocycles. The summed E-state index contributed by atoms with van der Waals surface area (Å²) in [6, 6.07) is 9.32. The first-order chi connectivity index (χ1) is 11.0. The van der Waals surface area contributed by atoms with E-state index in [1.54, 1.807) is 23.5 Å². The second kappa shape index (κ2) is 9.28. The van der Waals surface area contributed by atoms with E-state index >= 15 is 0 Å². The van der Waals surface area contributed by atoms with Crippen LogP contribution >= 0.6 is 22.9 Å². The Morgan fingerprint density at radius 3 is 2.52 bits per heavy atom. The van der Waals surface area contributed by atoms with E-state index in [1.165, 1.54) is 5.56 Å². The number of hydrogen-bond donors (Lipinski definition) is 1. The predicted molar refractivity (Wildman–Crippen MR) is 97.4 cm³/mol. The van der Waals surface area contributed by atoms with Crippen LogP contribution in [0.2, 0.25) is 5.02 Å². The Morgan fingerprint density at radius 1 is 1.17 bits per heavy atom. The van der Waals surface area contributed by atoms with E-state index in [1.807, 2.05) is 12.1 Å². The van der Waals surface area contributed by atoms with Crippen LogP contribution in [0.5, 0.6) is 5.75 Å². The van der Waals surface area contributed by atoms with Crippen LogP contribution < -0.4 is 4.74 Å². The molecule has 2 aromatic rings. The summed E-state index contributed by atoms with van der Waals surface area (Å²) in [7, 11) is 0. The summed E-state index contributed by atoms with van der Waals surface area (Å²) in [6.07, 6.45) is -0.525. The topological polar surface area (TPSA) is 32.7 Å². The standard InChI is InChI=1S/C18H24ClNO2S/c1-14(2)9-20(10-15-7-8-23-13-15)11-17(21)12-22-18-5-3-16(19)4-6-18/h3-8,13-14,17,21H,9-12H2,1-2H3. The van der Waals surface area contributed by atoms with Crippen molar-refractivity contribution in [3.63, 3.8) is 0 Å². The van der Waals surface area contributed by atoms with Gasteiger partial charge in [0.25, 0.3) is 0 Å². The van der Waals surface area contributed by atoms with Crippen LogP contribution in [0, 0.1) is 5.92 Å². The lowest BCUT2D eigenvalue weighted by Crippen LogP contribution is -2.37. The van der Waals surface area contributed by atoms with Gasteiger partial charge in [-0.2, -0.15) is 11.3 Å². The Kier molecular flexibility index (Phi) is 7.37. The van der Waals surface area contributed by atoms with E-state index in [2.05, 4.69) is 35.6 Å².